The molecule has 6 nitrogen and oxygen atoms in total. The summed E-state index contributed by atoms with van der Waals surface area (Å²) in [5, 5.41) is 8.37. The van der Waals surface area contributed by atoms with Crippen LogP contribution < -0.4 is 4.74 Å². The minimum atomic E-state index is -0.542. The first-order valence-electron chi connectivity index (χ1n) is 5.69. The maximum absolute atomic E-state index is 11.8. The average molecular weight is 247 g/mol. The Bertz CT molecular complexity index is 571. The molecule has 0 aliphatic rings. The zero-order valence-corrected chi connectivity index (χ0v) is 10.2. The van der Waals surface area contributed by atoms with E-state index >= 15 is 0 Å². The second-order valence-electron chi connectivity index (χ2n) is 3.41. The normalized spacial score (nSPS) is 10.3. The largest absolute Gasteiger partial charge is 0.490 e. The third-order valence-electron chi connectivity index (χ3n) is 2.25. The number of esters is 1. The molecule has 0 amide bonds. The van der Waals surface area contributed by atoms with E-state index in [9.17, 15) is 4.79 Å². The van der Waals surface area contributed by atoms with Crippen LogP contribution in [-0.2, 0) is 4.74 Å². The molecule has 0 N–H and O–H groups in total. The predicted molar refractivity (Wildman–Crippen MR) is 64.5 cm³/mol. The molecule has 0 saturated carbocycles. The van der Waals surface area contributed by atoms with Crippen LogP contribution in [0, 0.1) is 0 Å². The third-order valence-corrected chi connectivity index (χ3v) is 2.25. The third kappa shape index (κ3) is 2.22. The van der Waals surface area contributed by atoms with Gasteiger partial charge in [0.15, 0.2) is 11.4 Å². The molecule has 0 fully saturated rings. The van der Waals surface area contributed by atoms with Crippen LogP contribution in [0.5, 0.6) is 5.75 Å². The second kappa shape index (κ2) is 5.39. The van der Waals surface area contributed by atoms with E-state index in [0.29, 0.717) is 23.4 Å². The van der Waals surface area contributed by atoms with Gasteiger partial charge in [0.05, 0.1) is 18.6 Å². The van der Waals surface area contributed by atoms with E-state index < -0.39 is 5.97 Å². The smallest absolute Gasteiger partial charge is 0.362 e. The number of ether oxygens (including phenoxy) is 2. The Labute approximate surface area is 104 Å². The molecule has 6 heteroatoms. The van der Waals surface area contributed by atoms with Crippen molar-refractivity contribution >= 4 is 17.0 Å². The molecule has 2 aromatic rings. The molecule has 0 aromatic carbocycles. The number of nitrogens with zero attached hydrogens (tertiary/aromatic N) is 3. The van der Waals surface area contributed by atoms with E-state index in [0.717, 1.165) is 0 Å². The van der Waals surface area contributed by atoms with Gasteiger partial charge >= 0.3 is 5.97 Å². The number of carbonyl (C=O) groups excluding carboxylic acids is 1. The number of aromatic nitrogens is 3. The average Bonchev–Trinajstić information content (AvgIpc) is 2.39. The monoisotopic (exact) mass is 247 g/mol. The highest BCUT2D eigenvalue weighted by molar-refractivity contribution is 5.96. The summed E-state index contributed by atoms with van der Waals surface area (Å²) in [5.41, 5.74) is 0.521. The van der Waals surface area contributed by atoms with Gasteiger partial charge < -0.3 is 9.47 Å². The van der Waals surface area contributed by atoms with Crippen LogP contribution in [0.2, 0.25) is 0 Å². The molecule has 2 heterocycles. The van der Waals surface area contributed by atoms with Gasteiger partial charge in [0.1, 0.15) is 0 Å². The lowest BCUT2D eigenvalue weighted by molar-refractivity contribution is 0.0513. The van der Waals surface area contributed by atoms with Gasteiger partial charge in [0.2, 0.25) is 5.69 Å². The van der Waals surface area contributed by atoms with Crippen molar-refractivity contribution in [3.05, 3.63) is 24.0 Å². The minimum absolute atomic E-state index is 0.0826. The number of hydrogen-bond donors (Lipinski definition) is 0. The molecule has 0 atom stereocenters. The Balaban J connectivity index is 2.58. The van der Waals surface area contributed by atoms with Gasteiger partial charge in [-0.3, -0.25) is 0 Å². The fourth-order valence-corrected chi connectivity index (χ4v) is 1.55. The molecule has 0 spiro atoms. The van der Waals surface area contributed by atoms with Crippen LogP contribution in [0.3, 0.4) is 0 Å². The van der Waals surface area contributed by atoms with Crippen molar-refractivity contribution in [1.29, 1.82) is 0 Å². The Morgan fingerprint density at radius 1 is 1.28 bits per heavy atom. The summed E-state index contributed by atoms with van der Waals surface area (Å²) in [5.74, 6) is -0.173. The van der Waals surface area contributed by atoms with Gasteiger partial charge in [0, 0.05) is 6.20 Å². The summed E-state index contributed by atoms with van der Waals surface area (Å²) in [6, 6.07) is 3.53. The van der Waals surface area contributed by atoms with E-state index in [1.807, 2.05) is 6.92 Å². The van der Waals surface area contributed by atoms with Gasteiger partial charge in [-0.1, -0.05) is 0 Å². The summed E-state index contributed by atoms with van der Waals surface area (Å²) in [7, 11) is 0. The molecular weight excluding hydrogens is 234 g/mol. The topological polar surface area (TPSA) is 74.2 Å². The van der Waals surface area contributed by atoms with Crippen LogP contribution in [0.25, 0.3) is 11.0 Å². The van der Waals surface area contributed by atoms with Crippen LogP contribution >= 0.6 is 0 Å². The first-order valence-corrected chi connectivity index (χ1v) is 5.69. The van der Waals surface area contributed by atoms with E-state index in [4.69, 9.17) is 9.47 Å². The summed E-state index contributed by atoms with van der Waals surface area (Å²) < 4.78 is 10.4. The van der Waals surface area contributed by atoms with Crippen molar-refractivity contribution in [3.63, 3.8) is 0 Å². The Hall–Kier alpha value is -2.24. The quantitative estimate of drug-likeness (QED) is 0.764. The fourth-order valence-electron chi connectivity index (χ4n) is 1.55. The molecule has 94 valence electrons. The van der Waals surface area contributed by atoms with Gasteiger partial charge in [-0.2, -0.15) is 0 Å². The lowest BCUT2D eigenvalue weighted by atomic mass is 10.2. The molecule has 0 aliphatic heterocycles. The van der Waals surface area contributed by atoms with Gasteiger partial charge in [-0.05, 0) is 26.0 Å². The highest BCUT2D eigenvalue weighted by Crippen LogP contribution is 2.26. The van der Waals surface area contributed by atoms with Crippen LogP contribution in [0.15, 0.2) is 18.3 Å². The summed E-state index contributed by atoms with van der Waals surface area (Å²) >= 11 is 0. The Morgan fingerprint density at radius 2 is 2.11 bits per heavy atom. The lowest BCUT2D eigenvalue weighted by Crippen LogP contribution is -2.12. The molecule has 2 rings (SSSR count). The highest BCUT2D eigenvalue weighted by Gasteiger charge is 2.20. The Morgan fingerprint density at radius 3 is 2.83 bits per heavy atom. The summed E-state index contributed by atoms with van der Waals surface area (Å²) in [6.07, 6.45) is 1.61. The van der Waals surface area contributed by atoms with E-state index in [1.54, 1.807) is 25.3 Å². The van der Waals surface area contributed by atoms with Gasteiger partial charge in [-0.15, -0.1) is 10.2 Å². The molecule has 0 unspecified atom stereocenters. The first kappa shape index (κ1) is 12.2. The standard InChI is InChI=1S/C12H13N3O3/c1-3-17-10-8-6-5-7-13-11(8)15-14-9(10)12(16)18-4-2/h5-7H,3-4H2,1-2H3. The van der Waals surface area contributed by atoms with Crippen molar-refractivity contribution < 1.29 is 14.3 Å². The first-order chi connectivity index (χ1) is 8.77. The molecule has 18 heavy (non-hydrogen) atoms. The number of hydrogen-bond acceptors (Lipinski definition) is 6. The van der Waals surface area contributed by atoms with Crippen molar-refractivity contribution in [1.82, 2.24) is 15.2 Å². The molecule has 0 bridgehead atoms. The van der Waals surface area contributed by atoms with Crippen molar-refractivity contribution in [2.24, 2.45) is 0 Å². The zero-order valence-electron chi connectivity index (χ0n) is 10.2. The molecular formula is C12H13N3O3. The summed E-state index contributed by atoms with van der Waals surface area (Å²) in [4.78, 5) is 15.8. The van der Waals surface area contributed by atoms with Crippen molar-refractivity contribution in [2.45, 2.75) is 13.8 Å². The lowest BCUT2D eigenvalue weighted by Gasteiger charge is -2.09. The van der Waals surface area contributed by atoms with Crippen LogP contribution in [0.1, 0.15) is 24.3 Å². The van der Waals surface area contributed by atoms with E-state index in [2.05, 4.69) is 15.2 Å². The molecule has 0 aliphatic carbocycles. The molecule has 0 saturated heterocycles. The van der Waals surface area contributed by atoms with Gasteiger partial charge in [0.25, 0.3) is 0 Å². The number of rotatable bonds is 4. The van der Waals surface area contributed by atoms with Crippen LogP contribution in [-0.4, -0.2) is 34.4 Å². The van der Waals surface area contributed by atoms with Crippen LogP contribution in [0.4, 0.5) is 0 Å². The predicted octanol–water partition coefficient (Wildman–Crippen LogP) is 1.60. The van der Waals surface area contributed by atoms with E-state index in [1.165, 1.54) is 0 Å². The molecule has 2 aromatic heterocycles. The van der Waals surface area contributed by atoms with Crippen molar-refractivity contribution in [2.75, 3.05) is 13.2 Å². The van der Waals surface area contributed by atoms with Gasteiger partial charge in [-0.25, -0.2) is 9.78 Å². The maximum atomic E-state index is 11.8. The number of pyridine rings is 1. The molecule has 0 radical (unpaired) electrons. The second-order valence-corrected chi connectivity index (χ2v) is 3.41. The zero-order chi connectivity index (χ0) is 13.0. The fraction of sp³-hybridized carbons (Fsp3) is 0.333. The number of carbonyl (C=O) groups is 1. The minimum Gasteiger partial charge on any atom is -0.490 e. The number of fused-ring (bicyclic) bond motifs is 1. The summed E-state index contributed by atoms with van der Waals surface area (Å²) in [6.45, 7) is 4.26. The maximum Gasteiger partial charge on any atom is 0.362 e. The SMILES string of the molecule is CCOC(=O)c1nnc2ncccc2c1OCC. The van der Waals surface area contributed by atoms with E-state index in [-0.39, 0.29) is 12.3 Å². The Kier molecular flexibility index (Phi) is 3.66. The highest BCUT2D eigenvalue weighted by atomic mass is 16.5. The van der Waals surface area contributed by atoms with Crippen molar-refractivity contribution in [3.8, 4) is 5.75 Å².